The molecule has 2 nitrogen and oxygen atoms in total. The fourth-order valence-electron chi connectivity index (χ4n) is 1.24. The smallest absolute Gasteiger partial charge is 0.111 e. The van der Waals surface area contributed by atoms with Crippen LogP contribution >= 0.6 is 0 Å². The normalized spacial score (nSPS) is 43.7. The average molecular weight is 150 g/mol. The lowest BCUT2D eigenvalue weighted by Gasteiger charge is -2.19. The van der Waals surface area contributed by atoms with E-state index in [9.17, 15) is 0 Å². The molecule has 0 aromatic rings. The molecule has 11 heavy (non-hydrogen) atoms. The van der Waals surface area contributed by atoms with E-state index in [4.69, 9.17) is 24.1 Å². The molecule has 0 aliphatic carbocycles. The van der Waals surface area contributed by atoms with E-state index in [-0.39, 0.29) is 12.7 Å². The second kappa shape index (κ2) is 2.88. The molecule has 1 aliphatic heterocycles. The molecular weight excluding hydrogens is 139 g/mol. The van der Waals surface area contributed by atoms with Crippen LogP contribution < -0.4 is 0 Å². The maximum absolute atomic E-state index is 8.76. The van der Waals surface area contributed by atoms with Gasteiger partial charge in [0.15, 0.2) is 0 Å². The average Bonchev–Trinajstić information content (AvgIpc) is 2.29. The molecule has 1 fully saturated rings. The minimum atomic E-state index is -0.440. The van der Waals surface area contributed by atoms with Gasteiger partial charge in [0.25, 0.3) is 0 Å². The maximum Gasteiger partial charge on any atom is 0.111 e. The highest BCUT2D eigenvalue weighted by atomic mass is 16.5. The van der Waals surface area contributed by atoms with Gasteiger partial charge in [-0.05, 0) is 13.3 Å². The van der Waals surface area contributed by atoms with Crippen molar-refractivity contribution in [3.63, 3.8) is 0 Å². The van der Waals surface area contributed by atoms with Crippen LogP contribution in [0.5, 0.6) is 0 Å². The van der Waals surface area contributed by atoms with Gasteiger partial charge in [-0.3, -0.25) is 0 Å². The molecule has 1 N–H and O–H groups in total. The summed E-state index contributed by atoms with van der Waals surface area (Å²) < 4.78 is 5.20. The van der Waals surface area contributed by atoms with Crippen LogP contribution in [0.2, 0.25) is 0 Å². The number of hydrogen-bond acceptors (Lipinski definition) is 2. The summed E-state index contributed by atoms with van der Waals surface area (Å²) in [5.41, 5.74) is -0.409. The van der Waals surface area contributed by atoms with Gasteiger partial charge in [0.2, 0.25) is 0 Å². The standard InChI is InChI=1S/C8H11BO2/c1-3-8(2)4-6(5-10)11-7(8)9/h1,6-7,10H,4-5H2,2H3/t6-,7+,8-/m0/s1. The van der Waals surface area contributed by atoms with Gasteiger partial charge in [-0.2, -0.15) is 0 Å². The van der Waals surface area contributed by atoms with Crippen molar-refractivity contribution < 1.29 is 9.84 Å². The predicted octanol–water partition coefficient (Wildman–Crippen LogP) is -0.0983. The van der Waals surface area contributed by atoms with Crippen LogP contribution in [0.4, 0.5) is 0 Å². The minimum Gasteiger partial charge on any atom is -0.394 e. The topological polar surface area (TPSA) is 29.5 Å². The molecule has 1 aliphatic rings. The van der Waals surface area contributed by atoms with Crippen LogP contribution in [0.3, 0.4) is 0 Å². The van der Waals surface area contributed by atoms with E-state index >= 15 is 0 Å². The first-order valence-corrected chi connectivity index (χ1v) is 3.62. The lowest BCUT2D eigenvalue weighted by Crippen LogP contribution is -2.25. The molecule has 1 heterocycles. The first-order valence-electron chi connectivity index (χ1n) is 3.62. The van der Waals surface area contributed by atoms with Crippen molar-refractivity contribution in [2.45, 2.75) is 25.5 Å². The molecule has 0 spiro atoms. The van der Waals surface area contributed by atoms with Crippen LogP contribution in [-0.2, 0) is 4.74 Å². The molecule has 2 radical (unpaired) electrons. The van der Waals surface area contributed by atoms with Crippen molar-refractivity contribution >= 4 is 7.85 Å². The number of aliphatic hydroxyl groups excluding tert-OH is 1. The number of terminal acetylenes is 1. The van der Waals surface area contributed by atoms with Crippen molar-refractivity contribution in [3.05, 3.63) is 0 Å². The Kier molecular flexibility index (Phi) is 2.27. The minimum absolute atomic E-state index is 0.00896. The third-order valence-corrected chi connectivity index (χ3v) is 2.15. The molecule has 0 aromatic carbocycles. The molecule has 0 bridgehead atoms. The SMILES string of the molecule is [B][C@@H]1O[C@H](CO)C[C@]1(C)C#C. The Balaban J connectivity index is 2.67. The molecule has 0 saturated carbocycles. The Morgan fingerprint density at radius 3 is 2.82 bits per heavy atom. The van der Waals surface area contributed by atoms with Gasteiger partial charge in [0.05, 0.1) is 12.7 Å². The van der Waals surface area contributed by atoms with Crippen molar-refractivity contribution in [1.29, 1.82) is 0 Å². The summed E-state index contributed by atoms with van der Waals surface area (Å²) in [6.45, 7) is 1.86. The van der Waals surface area contributed by atoms with Crippen LogP contribution in [-0.4, -0.2) is 31.7 Å². The molecule has 0 aromatic heterocycles. The summed E-state index contributed by atoms with van der Waals surface area (Å²) >= 11 is 0. The van der Waals surface area contributed by atoms with Crippen molar-refractivity contribution in [3.8, 4) is 12.3 Å². The molecule has 3 atom stereocenters. The third-order valence-electron chi connectivity index (χ3n) is 2.15. The van der Waals surface area contributed by atoms with Crippen LogP contribution in [0.15, 0.2) is 0 Å². The van der Waals surface area contributed by atoms with Gasteiger partial charge < -0.3 is 9.84 Å². The van der Waals surface area contributed by atoms with Gasteiger partial charge in [-0.15, -0.1) is 6.42 Å². The number of hydrogen-bond donors (Lipinski definition) is 1. The van der Waals surface area contributed by atoms with Gasteiger partial charge in [-0.25, -0.2) is 0 Å². The second-order valence-electron chi connectivity index (χ2n) is 3.13. The summed E-state index contributed by atoms with van der Waals surface area (Å²) in [6.07, 6.45) is 5.73. The van der Waals surface area contributed by atoms with Crippen LogP contribution in [0, 0.1) is 17.8 Å². The van der Waals surface area contributed by atoms with E-state index in [0.717, 1.165) is 0 Å². The molecule has 1 saturated heterocycles. The van der Waals surface area contributed by atoms with Crippen molar-refractivity contribution in [2.75, 3.05) is 6.61 Å². The predicted molar refractivity (Wildman–Crippen MR) is 43.1 cm³/mol. The summed E-state index contributed by atoms with van der Waals surface area (Å²) in [7, 11) is 5.61. The summed E-state index contributed by atoms with van der Waals surface area (Å²) in [6, 6.07) is -0.440. The number of aliphatic hydroxyl groups is 1. The van der Waals surface area contributed by atoms with Crippen molar-refractivity contribution in [1.82, 2.24) is 0 Å². The number of ether oxygens (including phenoxy) is 1. The highest BCUT2D eigenvalue weighted by Crippen LogP contribution is 2.35. The quantitative estimate of drug-likeness (QED) is 0.417. The van der Waals surface area contributed by atoms with Crippen LogP contribution in [0.1, 0.15) is 13.3 Å². The zero-order valence-corrected chi connectivity index (χ0v) is 6.58. The lowest BCUT2D eigenvalue weighted by molar-refractivity contribution is 0.0375. The zero-order valence-electron chi connectivity index (χ0n) is 6.58. The number of rotatable bonds is 1. The largest absolute Gasteiger partial charge is 0.394 e. The van der Waals surface area contributed by atoms with E-state index in [2.05, 4.69) is 5.92 Å². The first-order chi connectivity index (χ1) is 5.12. The highest BCUT2D eigenvalue weighted by molar-refractivity contribution is 6.12. The Morgan fingerprint density at radius 2 is 2.55 bits per heavy atom. The third kappa shape index (κ3) is 1.42. The van der Waals surface area contributed by atoms with E-state index < -0.39 is 11.4 Å². The zero-order chi connectivity index (χ0) is 8.48. The summed E-state index contributed by atoms with van der Waals surface area (Å²) in [4.78, 5) is 0. The summed E-state index contributed by atoms with van der Waals surface area (Å²) in [5, 5.41) is 8.76. The van der Waals surface area contributed by atoms with E-state index in [1.165, 1.54) is 0 Å². The first kappa shape index (κ1) is 8.64. The molecular formula is C8H11BO2. The molecule has 3 heteroatoms. The Hall–Kier alpha value is -0.455. The highest BCUT2D eigenvalue weighted by Gasteiger charge is 2.40. The fraction of sp³-hybridized carbons (Fsp3) is 0.750. The lowest BCUT2D eigenvalue weighted by atomic mass is 9.74. The summed E-state index contributed by atoms with van der Waals surface area (Å²) in [5.74, 6) is 2.59. The van der Waals surface area contributed by atoms with E-state index in [0.29, 0.717) is 6.42 Å². The van der Waals surface area contributed by atoms with Gasteiger partial charge in [-0.1, -0.05) is 5.92 Å². The Bertz CT molecular complexity index is 187. The van der Waals surface area contributed by atoms with Gasteiger partial charge >= 0.3 is 0 Å². The Labute approximate surface area is 68.3 Å². The molecule has 0 unspecified atom stereocenters. The van der Waals surface area contributed by atoms with E-state index in [1.807, 2.05) is 6.92 Å². The Morgan fingerprint density at radius 1 is 1.91 bits per heavy atom. The fourth-order valence-corrected chi connectivity index (χ4v) is 1.24. The molecule has 58 valence electrons. The monoisotopic (exact) mass is 150 g/mol. The maximum atomic E-state index is 8.76. The second-order valence-corrected chi connectivity index (χ2v) is 3.13. The van der Waals surface area contributed by atoms with Gasteiger partial charge in [0.1, 0.15) is 7.85 Å². The van der Waals surface area contributed by atoms with Gasteiger partial charge in [0, 0.05) is 11.4 Å². The van der Waals surface area contributed by atoms with E-state index in [1.54, 1.807) is 0 Å². The molecule has 1 rings (SSSR count). The molecule has 0 amide bonds. The van der Waals surface area contributed by atoms with Crippen LogP contribution in [0.25, 0.3) is 0 Å². The van der Waals surface area contributed by atoms with Crippen molar-refractivity contribution in [2.24, 2.45) is 5.41 Å².